The molecule has 0 atom stereocenters. The van der Waals surface area contributed by atoms with E-state index >= 15 is 0 Å². The zero-order chi connectivity index (χ0) is 4.41. The van der Waals surface area contributed by atoms with Gasteiger partial charge in [-0.25, -0.2) is 0 Å². The number of nitrogens with one attached hydrogen (secondary N) is 1. The molecule has 0 spiro atoms. The standard InChI is InChI=1S/C3H4N3.V/c1-3-2-4-6-5-3;/h1H3,(H,4,5,6);/q-1;. The summed E-state index contributed by atoms with van der Waals surface area (Å²) in [5.74, 6) is 0. The van der Waals surface area contributed by atoms with Crippen molar-refractivity contribution < 1.29 is 18.6 Å². The van der Waals surface area contributed by atoms with Crippen molar-refractivity contribution in [1.82, 2.24) is 15.4 Å². The van der Waals surface area contributed by atoms with Crippen molar-refractivity contribution in [2.45, 2.75) is 6.92 Å². The monoisotopic (exact) mass is 133 g/mol. The average molecular weight is 133 g/mol. The summed E-state index contributed by atoms with van der Waals surface area (Å²) < 4.78 is 0. The van der Waals surface area contributed by atoms with Crippen LogP contribution in [0.5, 0.6) is 0 Å². The number of hydrogen-bond acceptors (Lipinski definition) is 2. The zero-order valence-corrected chi connectivity index (χ0v) is 5.24. The summed E-state index contributed by atoms with van der Waals surface area (Å²) in [6.07, 6.45) is 2.58. The molecule has 4 heteroatoms. The van der Waals surface area contributed by atoms with Gasteiger partial charge in [0.15, 0.2) is 0 Å². The van der Waals surface area contributed by atoms with E-state index in [0.717, 1.165) is 5.69 Å². The molecule has 1 aromatic heterocycles. The summed E-state index contributed by atoms with van der Waals surface area (Å²) in [5, 5.41) is 9.37. The number of aryl methyl sites for hydroxylation is 1. The van der Waals surface area contributed by atoms with Gasteiger partial charge in [-0.2, -0.15) is 0 Å². The maximum Gasteiger partial charge on any atom is 0 e. The minimum Gasteiger partial charge on any atom is -0.352 e. The van der Waals surface area contributed by atoms with Crippen LogP contribution in [0.1, 0.15) is 5.69 Å². The minimum absolute atomic E-state index is 0. The van der Waals surface area contributed by atoms with Crippen LogP contribution in [0.15, 0.2) is 0 Å². The molecule has 0 bridgehead atoms. The molecule has 1 radical (unpaired) electrons. The first-order valence-corrected chi connectivity index (χ1v) is 1.65. The van der Waals surface area contributed by atoms with E-state index in [1.807, 2.05) is 6.92 Å². The Morgan fingerprint density at radius 2 is 2.43 bits per heavy atom. The smallest absolute Gasteiger partial charge is 0 e. The van der Waals surface area contributed by atoms with Crippen LogP contribution >= 0.6 is 0 Å². The first kappa shape index (κ1) is 6.72. The molecule has 7 heavy (non-hydrogen) atoms. The van der Waals surface area contributed by atoms with E-state index in [0.29, 0.717) is 0 Å². The van der Waals surface area contributed by atoms with Crippen molar-refractivity contribution in [3.8, 4) is 0 Å². The van der Waals surface area contributed by atoms with Crippen molar-refractivity contribution in [3.05, 3.63) is 11.9 Å². The Hall–Kier alpha value is -0.276. The molecule has 0 amide bonds. The van der Waals surface area contributed by atoms with Crippen LogP contribution in [0.3, 0.4) is 0 Å². The summed E-state index contributed by atoms with van der Waals surface area (Å²) >= 11 is 0. The molecule has 0 aliphatic heterocycles. The van der Waals surface area contributed by atoms with Gasteiger partial charge in [0.05, 0.1) is 0 Å². The second-order valence-corrected chi connectivity index (χ2v) is 1.05. The van der Waals surface area contributed by atoms with Crippen molar-refractivity contribution in [2.24, 2.45) is 0 Å². The SMILES string of the molecule is Cc1[c-]nn[nH]1.[V]. The fourth-order valence-electron chi connectivity index (χ4n) is 0.225. The molecular weight excluding hydrogens is 129 g/mol. The maximum atomic E-state index is 3.39. The number of rotatable bonds is 0. The van der Waals surface area contributed by atoms with E-state index in [1.54, 1.807) is 0 Å². The fourth-order valence-corrected chi connectivity index (χ4v) is 0.225. The molecule has 1 aromatic rings. The van der Waals surface area contributed by atoms with E-state index in [9.17, 15) is 0 Å². The van der Waals surface area contributed by atoms with Gasteiger partial charge in [-0.3, -0.25) is 0 Å². The predicted molar refractivity (Wildman–Crippen MR) is 20.0 cm³/mol. The van der Waals surface area contributed by atoms with E-state index in [2.05, 4.69) is 21.6 Å². The van der Waals surface area contributed by atoms with Crippen molar-refractivity contribution in [2.75, 3.05) is 0 Å². The van der Waals surface area contributed by atoms with Gasteiger partial charge in [-0.05, 0) is 0 Å². The van der Waals surface area contributed by atoms with Gasteiger partial charge >= 0.3 is 0 Å². The molecule has 1 N–H and O–H groups in total. The van der Waals surface area contributed by atoms with Crippen molar-refractivity contribution in [1.29, 1.82) is 0 Å². The van der Waals surface area contributed by atoms with Crippen LogP contribution in [-0.2, 0) is 18.6 Å². The molecule has 0 aromatic carbocycles. The maximum absolute atomic E-state index is 3.39. The molecule has 1 rings (SSSR count). The Kier molecular flexibility index (Phi) is 2.71. The molecule has 0 fully saturated rings. The van der Waals surface area contributed by atoms with Crippen LogP contribution in [-0.4, -0.2) is 15.4 Å². The van der Waals surface area contributed by atoms with Gasteiger partial charge in [0.2, 0.25) is 0 Å². The summed E-state index contributed by atoms with van der Waals surface area (Å²) in [4.78, 5) is 0. The number of hydrogen-bond donors (Lipinski definition) is 1. The van der Waals surface area contributed by atoms with E-state index in [4.69, 9.17) is 0 Å². The van der Waals surface area contributed by atoms with E-state index < -0.39 is 0 Å². The fraction of sp³-hybridized carbons (Fsp3) is 0.333. The molecular formula is C3H4N3V-. The molecule has 0 unspecified atom stereocenters. The van der Waals surface area contributed by atoms with E-state index in [1.165, 1.54) is 0 Å². The average Bonchev–Trinajstić information content (AvgIpc) is 1.86. The van der Waals surface area contributed by atoms with Crippen LogP contribution in [0.25, 0.3) is 0 Å². The Balaban J connectivity index is 0.000000360. The third-order valence-corrected chi connectivity index (χ3v) is 0.485. The van der Waals surface area contributed by atoms with Gasteiger partial charge in [0.1, 0.15) is 0 Å². The molecule has 1 heterocycles. The number of nitrogens with zero attached hydrogens (tertiary/aromatic N) is 2. The third kappa shape index (κ3) is 1.76. The second-order valence-electron chi connectivity index (χ2n) is 1.05. The Labute approximate surface area is 53.4 Å². The number of aromatic amines is 1. The van der Waals surface area contributed by atoms with Crippen LogP contribution in [0.2, 0.25) is 0 Å². The minimum atomic E-state index is 0. The Morgan fingerprint density at radius 3 is 2.57 bits per heavy atom. The van der Waals surface area contributed by atoms with Gasteiger partial charge in [-0.1, -0.05) is 6.92 Å². The summed E-state index contributed by atoms with van der Waals surface area (Å²) in [6, 6.07) is 0. The van der Waals surface area contributed by atoms with Gasteiger partial charge in [-0.15, -0.1) is 10.9 Å². The second kappa shape index (κ2) is 2.83. The summed E-state index contributed by atoms with van der Waals surface area (Å²) in [6.45, 7) is 1.85. The molecule has 0 aliphatic rings. The first-order chi connectivity index (χ1) is 2.89. The van der Waals surface area contributed by atoms with Crippen LogP contribution in [0.4, 0.5) is 0 Å². The van der Waals surface area contributed by atoms with Crippen molar-refractivity contribution in [3.63, 3.8) is 0 Å². The molecule has 0 saturated carbocycles. The quantitative estimate of drug-likeness (QED) is 0.502. The zero-order valence-electron chi connectivity index (χ0n) is 3.84. The van der Waals surface area contributed by atoms with Gasteiger partial charge in [0, 0.05) is 18.6 Å². The molecule has 3 nitrogen and oxygen atoms in total. The van der Waals surface area contributed by atoms with Gasteiger partial charge in [0.25, 0.3) is 0 Å². The largest absolute Gasteiger partial charge is 0.352 e. The Bertz CT molecular complexity index is 114. The molecule has 0 aliphatic carbocycles. The molecule has 0 saturated heterocycles. The summed E-state index contributed by atoms with van der Waals surface area (Å²) in [5.41, 5.74) is 0.870. The topological polar surface area (TPSA) is 41.6 Å². The predicted octanol–water partition coefficient (Wildman–Crippen LogP) is -0.0892. The Morgan fingerprint density at radius 1 is 1.71 bits per heavy atom. The summed E-state index contributed by atoms with van der Waals surface area (Å²) in [7, 11) is 0. The first-order valence-electron chi connectivity index (χ1n) is 1.65. The van der Waals surface area contributed by atoms with Crippen LogP contribution in [0, 0.1) is 13.1 Å². The number of H-pyrrole nitrogens is 1. The van der Waals surface area contributed by atoms with Crippen molar-refractivity contribution >= 4 is 0 Å². The van der Waals surface area contributed by atoms with Crippen LogP contribution < -0.4 is 0 Å². The normalized spacial score (nSPS) is 7.57. The van der Waals surface area contributed by atoms with E-state index in [-0.39, 0.29) is 18.6 Å². The third-order valence-electron chi connectivity index (χ3n) is 0.485. The number of aromatic nitrogens is 3. The molecule has 37 valence electrons. The van der Waals surface area contributed by atoms with Gasteiger partial charge < -0.3 is 16.4 Å².